The number of nitrogens with two attached hydrogens (primary N) is 1. The number of fused-ring (bicyclic) bond motifs is 1. The molecule has 1 saturated heterocycles. The molecule has 0 unspecified atom stereocenters. The highest BCUT2D eigenvalue weighted by Crippen LogP contribution is 2.40. The first-order valence-corrected chi connectivity index (χ1v) is 12.3. The molecule has 0 radical (unpaired) electrons. The molecule has 4 heterocycles. The SMILES string of the molecule is CC(C)ON=C(C(=O)N[C@@H]1C(=O)N2C(C(=O)O)=C(Cn3ccc[n+]3C)CS[C@H]12)c1csc(N)n1. The maximum Gasteiger partial charge on any atom is 0.352 e. The van der Waals surface area contributed by atoms with Crippen LogP contribution in [0.5, 0.6) is 0 Å². The van der Waals surface area contributed by atoms with Crippen molar-refractivity contribution in [2.75, 3.05) is 11.5 Å². The first-order valence-electron chi connectivity index (χ1n) is 10.3. The predicted molar refractivity (Wildman–Crippen MR) is 125 cm³/mol. The number of β-lactam (4-membered cyclic amide) rings is 1. The van der Waals surface area contributed by atoms with Gasteiger partial charge in [-0.2, -0.15) is 4.68 Å². The summed E-state index contributed by atoms with van der Waals surface area (Å²) in [5, 5.41) is 17.7. The van der Waals surface area contributed by atoms with Gasteiger partial charge in [0.15, 0.2) is 24.1 Å². The molecule has 4 N–H and O–H groups in total. The molecule has 14 heteroatoms. The summed E-state index contributed by atoms with van der Waals surface area (Å²) in [7, 11) is 1.85. The van der Waals surface area contributed by atoms with Gasteiger partial charge < -0.3 is 21.0 Å². The standard InChI is InChI=1S/C20H23N7O5S2/c1-10(2)32-24-13(12-9-34-20(21)22-12)16(28)23-14-17(29)27-15(19(30)31)11(8-33-18(14)27)7-26-6-4-5-25(26)3/h4-6,9-10,14,18H,7-8H2,1-3H3,(H3-,21,22,23,28,30,31)/p+1/t14-,18-/m1/s1. The second-order valence-corrected chi connectivity index (χ2v) is 9.94. The number of hydrogen-bond donors (Lipinski definition) is 3. The second-order valence-electron chi connectivity index (χ2n) is 7.95. The number of thiazole rings is 1. The van der Waals surface area contributed by atoms with Gasteiger partial charge in [0.05, 0.1) is 6.20 Å². The number of nitrogen functional groups attached to an aromatic ring is 1. The molecule has 2 amide bonds. The molecule has 0 saturated carbocycles. The van der Waals surface area contributed by atoms with Crippen LogP contribution in [-0.2, 0) is 32.8 Å². The predicted octanol–water partition coefficient (Wildman–Crippen LogP) is -0.0808. The smallest absolute Gasteiger partial charge is 0.352 e. The number of aryl methyl sites for hydroxylation is 1. The Kier molecular flexibility index (Phi) is 6.61. The van der Waals surface area contributed by atoms with Crippen LogP contribution in [-0.4, -0.2) is 66.4 Å². The van der Waals surface area contributed by atoms with Gasteiger partial charge in [-0.05, 0) is 19.4 Å². The van der Waals surface area contributed by atoms with E-state index in [2.05, 4.69) is 15.5 Å². The first kappa shape index (κ1) is 23.8. The van der Waals surface area contributed by atoms with Crippen LogP contribution in [0.15, 0.2) is 40.3 Å². The van der Waals surface area contributed by atoms with Crippen molar-refractivity contribution < 1.29 is 29.0 Å². The van der Waals surface area contributed by atoms with Gasteiger partial charge in [0, 0.05) is 17.2 Å². The number of aromatic nitrogens is 3. The van der Waals surface area contributed by atoms with Crippen LogP contribution in [0.2, 0.25) is 0 Å². The van der Waals surface area contributed by atoms with Gasteiger partial charge >= 0.3 is 5.97 Å². The van der Waals surface area contributed by atoms with Crippen molar-refractivity contribution in [1.29, 1.82) is 0 Å². The lowest BCUT2D eigenvalue weighted by Gasteiger charge is -2.49. The van der Waals surface area contributed by atoms with Crippen molar-refractivity contribution in [2.45, 2.75) is 37.9 Å². The van der Waals surface area contributed by atoms with Crippen molar-refractivity contribution in [3.8, 4) is 0 Å². The number of rotatable bonds is 8. The number of carboxylic acids is 1. The Morgan fingerprint density at radius 1 is 1.47 bits per heavy atom. The number of thioether (sulfide) groups is 1. The molecule has 2 aromatic rings. The number of aliphatic carboxylic acids is 1. The molecule has 0 spiro atoms. The van der Waals surface area contributed by atoms with E-state index in [4.69, 9.17) is 10.6 Å². The van der Waals surface area contributed by atoms with E-state index >= 15 is 0 Å². The van der Waals surface area contributed by atoms with Gasteiger partial charge in [-0.15, -0.1) is 27.8 Å². The number of carbonyl (C=O) groups excluding carboxylic acids is 2. The van der Waals surface area contributed by atoms with E-state index < -0.39 is 29.2 Å². The largest absolute Gasteiger partial charge is 0.477 e. The summed E-state index contributed by atoms with van der Waals surface area (Å²) in [6, 6.07) is 0.939. The third-order valence-electron chi connectivity index (χ3n) is 5.19. The molecule has 2 aromatic heterocycles. The third kappa shape index (κ3) is 4.50. The summed E-state index contributed by atoms with van der Waals surface area (Å²) in [5.74, 6) is -1.94. The lowest BCUT2D eigenvalue weighted by molar-refractivity contribution is -0.752. The zero-order valence-corrected chi connectivity index (χ0v) is 20.3. The summed E-state index contributed by atoms with van der Waals surface area (Å²) in [6.45, 7) is 3.84. The van der Waals surface area contributed by atoms with Crippen molar-refractivity contribution in [3.05, 3.63) is 40.8 Å². The van der Waals surface area contributed by atoms with E-state index in [1.54, 1.807) is 19.2 Å². The fourth-order valence-electron chi connectivity index (χ4n) is 3.59. The van der Waals surface area contributed by atoms with Crippen LogP contribution >= 0.6 is 23.1 Å². The highest BCUT2D eigenvalue weighted by molar-refractivity contribution is 8.00. The molecule has 0 aliphatic carbocycles. The molecule has 1 fully saturated rings. The zero-order chi connectivity index (χ0) is 24.6. The zero-order valence-electron chi connectivity index (χ0n) is 18.7. The van der Waals surface area contributed by atoms with Gasteiger partial charge in [0.25, 0.3) is 11.8 Å². The van der Waals surface area contributed by atoms with Gasteiger partial charge in [-0.3, -0.25) is 14.5 Å². The van der Waals surface area contributed by atoms with Crippen LogP contribution in [0.4, 0.5) is 5.13 Å². The molecule has 34 heavy (non-hydrogen) atoms. The quantitative estimate of drug-likeness (QED) is 0.194. The number of nitrogens with one attached hydrogen (secondary N) is 1. The topological polar surface area (TPSA) is 156 Å². The van der Waals surface area contributed by atoms with Crippen molar-refractivity contribution in [1.82, 2.24) is 19.9 Å². The van der Waals surface area contributed by atoms with Crippen molar-refractivity contribution in [2.24, 2.45) is 12.2 Å². The Balaban J connectivity index is 1.54. The summed E-state index contributed by atoms with van der Waals surface area (Å²) < 4.78 is 3.68. The minimum absolute atomic E-state index is 0.0442. The normalized spacial score (nSPS) is 20.3. The van der Waals surface area contributed by atoms with Gasteiger partial charge in [-0.1, -0.05) is 5.16 Å². The minimum Gasteiger partial charge on any atom is -0.477 e. The first-order chi connectivity index (χ1) is 16.2. The van der Waals surface area contributed by atoms with E-state index in [9.17, 15) is 19.5 Å². The Labute approximate surface area is 203 Å². The van der Waals surface area contributed by atoms with E-state index in [1.165, 1.54) is 16.7 Å². The summed E-state index contributed by atoms with van der Waals surface area (Å²) in [5.41, 5.74) is 6.38. The maximum atomic E-state index is 13.0. The van der Waals surface area contributed by atoms with E-state index in [0.717, 1.165) is 11.3 Å². The Hall–Kier alpha value is -3.39. The van der Waals surface area contributed by atoms with Crippen LogP contribution in [0.1, 0.15) is 19.5 Å². The highest BCUT2D eigenvalue weighted by atomic mass is 32.2. The molecule has 0 aromatic carbocycles. The van der Waals surface area contributed by atoms with Crippen LogP contribution < -0.4 is 15.7 Å². The average molecular weight is 507 g/mol. The molecular formula is C20H24N7O5S2+. The number of amides is 2. The molecule has 2 atom stereocenters. The molecule has 0 bridgehead atoms. The van der Waals surface area contributed by atoms with Gasteiger partial charge in [0.1, 0.15) is 35.5 Å². The fourth-order valence-corrected chi connectivity index (χ4v) is 5.47. The molecule has 2 aliphatic heterocycles. The minimum atomic E-state index is -1.18. The van der Waals surface area contributed by atoms with Crippen LogP contribution in [0.25, 0.3) is 0 Å². The monoisotopic (exact) mass is 506 g/mol. The number of carbonyl (C=O) groups is 3. The number of anilines is 1. The second kappa shape index (κ2) is 9.46. The van der Waals surface area contributed by atoms with Crippen molar-refractivity contribution >= 4 is 51.7 Å². The van der Waals surface area contributed by atoms with E-state index in [0.29, 0.717) is 17.9 Å². The summed E-state index contributed by atoms with van der Waals surface area (Å²) in [4.78, 5) is 48.6. The average Bonchev–Trinajstić information content (AvgIpc) is 3.39. The fraction of sp³-hybridized carbons (Fsp3) is 0.400. The Morgan fingerprint density at radius 3 is 2.82 bits per heavy atom. The van der Waals surface area contributed by atoms with Crippen LogP contribution in [0.3, 0.4) is 0 Å². The Bertz CT molecular complexity index is 1200. The Morgan fingerprint density at radius 2 is 2.24 bits per heavy atom. The van der Waals surface area contributed by atoms with Gasteiger partial charge in [-0.25, -0.2) is 9.78 Å². The van der Waals surface area contributed by atoms with E-state index in [-0.39, 0.29) is 28.3 Å². The molecule has 12 nitrogen and oxygen atoms in total. The van der Waals surface area contributed by atoms with Crippen LogP contribution in [0, 0.1) is 0 Å². The molecule has 180 valence electrons. The molecule has 4 rings (SSSR count). The van der Waals surface area contributed by atoms with Crippen molar-refractivity contribution in [3.63, 3.8) is 0 Å². The lowest BCUT2D eigenvalue weighted by Crippen LogP contribution is -2.71. The maximum absolute atomic E-state index is 13.0. The summed E-state index contributed by atoms with van der Waals surface area (Å²) in [6.07, 6.45) is 3.39. The molecular weight excluding hydrogens is 482 g/mol. The summed E-state index contributed by atoms with van der Waals surface area (Å²) >= 11 is 2.54. The van der Waals surface area contributed by atoms with Gasteiger partial charge in [0.2, 0.25) is 0 Å². The highest BCUT2D eigenvalue weighted by Gasteiger charge is 2.54. The third-order valence-corrected chi connectivity index (χ3v) is 7.20. The number of carboxylic acid groups (broad SMARTS) is 1. The molecule has 2 aliphatic rings. The number of nitrogens with zero attached hydrogens (tertiary/aromatic N) is 5. The lowest BCUT2D eigenvalue weighted by atomic mass is 10.0. The van der Waals surface area contributed by atoms with E-state index in [1.807, 2.05) is 34.9 Å². The number of oxime groups is 1. The number of hydrogen-bond acceptors (Lipinski definition) is 9.